The number of rotatable bonds is 4. The topological polar surface area (TPSA) is 79.0 Å². The molecule has 0 spiro atoms. The largest absolute Gasteiger partial charge is 0.325 e. The van der Waals surface area contributed by atoms with Gasteiger partial charge in [-0.2, -0.15) is 0 Å². The van der Waals surface area contributed by atoms with E-state index in [0.29, 0.717) is 5.56 Å². The number of aryl methyl sites for hydroxylation is 1. The third kappa shape index (κ3) is 2.67. The zero-order valence-corrected chi connectivity index (χ0v) is 13.0. The Kier molecular flexibility index (Phi) is 4.18. The fraction of sp³-hybridized carbons (Fsp3) is 0.400. The molecule has 0 aromatic heterocycles. The van der Waals surface area contributed by atoms with Gasteiger partial charge in [0.05, 0.1) is 7.11 Å². The van der Waals surface area contributed by atoms with Crippen molar-refractivity contribution in [2.45, 2.75) is 19.4 Å². The summed E-state index contributed by atoms with van der Waals surface area (Å²) < 4.78 is 0. The number of hydrogen-bond donors (Lipinski definition) is 1. The second-order valence-electron chi connectivity index (χ2n) is 5.39. The highest BCUT2D eigenvalue weighted by Crippen LogP contribution is 2.28. The average molecular weight is 305 g/mol. The summed E-state index contributed by atoms with van der Waals surface area (Å²) in [6.45, 7) is 3.20. The maximum absolute atomic E-state index is 12.6. The van der Waals surface area contributed by atoms with Gasteiger partial charge in [0.15, 0.2) is 0 Å². The van der Waals surface area contributed by atoms with Crippen molar-refractivity contribution in [3.8, 4) is 0 Å². The first-order valence-electron chi connectivity index (χ1n) is 6.81. The summed E-state index contributed by atoms with van der Waals surface area (Å²) in [5, 5.41) is 3.63. The van der Waals surface area contributed by atoms with Crippen LogP contribution in [0.4, 0.5) is 4.79 Å². The van der Waals surface area contributed by atoms with Crippen molar-refractivity contribution in [1.82, 2.24) is 15.3 Å². The molecule has 2 rings (SSSR count). The van der Waals surface area contributed by atoms with Crippen molar-refractivity contribution < 1.29 is 19.2 Å². The van der Waals surface area contributed by atoms with Gasteiger partial charge in [0.2, 0.25) is 0 Å². The standard InChI is InChI=1S/C15H19N3O4/c1-10-5-7-11(8-6-10)15(2)13(20)18(14(21)16-15)9-12(19)17(3)22-4/h5-8H,9H2,1-4H3,(H,16,21). The fourth-order valence-electron chi connectivity index (χ4n) is 2.26. The normalized spacial score (nSPS) is 21.0. The molecule has 1 aromatic rings. The molecule has 22 heavy (non-hydrogen) atoms. The second-order valence-corrected chi connectivity index (χ2v) is 5.39. The quantitative estimate of drug-likeness (QED) is 0.658. The van der Waals surface area contributed by atoms with Crippen LogP contribution in [0.2, 0.25) is 0 Å². The number of benzene rings is 1. The van der Waals surface area contributed by atoms with Gasteiger partial charge >= 0.3 is 6.03 Å². The number of nitrogens with zero attached hydrogens (tertiary/aromatic N) is 2. The highest BCUT2D eigenvalue weighted by Gasteiger charge is 2.49. The number of amides is 4. The Hall–Kier alpha value is -2.41. The molecule has 7 nitrogen and oxygen atoms in total. The predicted molar refractivity (Wildman–Crippen MR) is 78.6 cm³/mol. The van der Waals surface area contributed by atoms with Crippen LogP contribution in [-0.2, 0) is 20.0 Å². The molecule has 0 bridgehead atoms. The average Bonchev–Trinajstić information content (AvgIpc) is 2.71. The van der Waals surface area contributed by atoms with Crippen LogP contribution in [-0.4, -0.2) is 48.5 Å². The van der Waals surface area contributed by atoms with Gasteiger partial charge in [-0.15, -0.1) is 0 Å². The highest BCUT2D eigenvalue weighted by atomic mass is 16.7. The summed E-state index contributed by atoms with van der Waals surface area (Å²) in [6, 6.07) is 6.73. The van der Waals surface area contributed by atoms with Crippen LogP contribution < -0.4 is 5.32 Å². The number of likely N-dealkylation sites (N-methyl/N-ethyl adjacent to an activating group) is 1. The van der Waals surface area contributed by atoms with Gasteiger partial charge < -0.3 is 5.32 Å². The molecule has 4 amide bonds. The lowest BCUT2D eigenvalue weighted by molar-refractivity contribution is -0.170. The van der Waals surface area contributed by atoms with E-state index in [2.05, 4.69) is 5.32 Å². The van der Waals surface area contributed by atoms with Crippen LogP contribution in [0.1, 0.15) is 18.1 Å². The Morgan fingerprint density at radius 1 is 1.32 bits per heavy atom. The third-order valence-electron chi connectivity index (χ3n) is 3.82. The number of carbonyl (C=O) groups excluding carboxylic acids is 3. The number of urea groups is 1. The third-order valence-corrected chi connectivity index (χ3v) is 3.82. The number of imide groups is 1. The van der Waals surface area contributed by atoms with Crippen LogP contribution >= 0.6 is 0 Å². The van der Waals surface area contributed by atoms with Gasteiger partial charge in [-0.3, -0.25) is 19.3 Å². The van der Waals surface area contributed by atoms with Crippen molar-refractivity contribution in [2.24, 2.45) is 0 Å². The van der Waals surface area contributed by atoms with Gasteiger partial charge in [0, 0.05) is 7.05 Å². The molecule has 1 atom stereocenters. The molecule has 1 saturated heterocycles. The van der Waals surface area contributed by atoms with Crippen LogP contribution in [0.15, 0.2) is 24.3 Å². The van der Waals surface area contributed by atoms with Crippen LogP contribution in [0.25, 0.3) is 0 Å². The van der Waals surface area contributed by atoms with E-state index in [4.69, 9.17) is 4.84 Å². The van der Waals surface area contributed by atoms with Crippen molar-refractivity contribution >= 4 is 17.8 Å². The molecule has 1 N–H and O–H groups in total. The maximum Gasteiger partial charge on any atom is 0.325 e. The number of hydroxylamine groups is 2. The van der Waals surface area contributed by atoms with Crippen molar-refractivity contribution in [3.05, 3.63) is 35.4 Å². The Morgan fingerprint density at radius 2 is 1.91 bits per heavy atom. The molecule has 118 valence electrons. The minimum absolute atomic E-state index is 0.365. The molecule has 1 fully saturated rings. The minimum atomic E-state index is -1.17. The van der Waals surface area contributed by atoms with Gasteiger partial charge in [0.1, 0.15) is 12.1 Å². The Labute approximate surface area is 128 Å². The molecule has 1 unspecified atom stereocenters. The smallest absolute Gasteiger partial charge is 0.319 e. The first kappa shape index (κ1) is 16.0. The predicted octanol–water partition coefficient (Wildman–Crippen LogP) is 0.782. The number of hydrogen-bond acceptors (Lipinski definition) is 4. The van der Waals surface area contributed by atoms with Gasteiger partial charge in [-0.1, -0.05) is 29.8 Å². The van der Waals surface area contributed by atoms with E-state index < -0.39 is 23.4 Å². The summed E-state index contributed by atoms with van der Waals surface area (Å²) in [6.07, 6.45) is 0. The molecule has 7 heteroatoms. The molecular weight excluding hydrogens is 286 g/mol. The molecule has 1 aliphatic heterocycles. The summed E-state index contributed by atoms with van der Waals surface area (Å²) in [4.78, 5) is 42.2. The fourth-order valence-corrected chi connectivity index (χ4v) is 2.26. The lowest BCUT2D eigenvalue weighted by Gasteiger charge is -2.22. The van der Waals surface area contributed by atoms with E-state index in [1.165, 1.54) is 14.2 Å². The first-order chi connectivity index (χ1) is 10.3. The lowest BCUT2D eigenvalue weighted by atomic mass is 9.91. The Balaban J connectivity index is 2.24. The van der Waals surface area contributed by atoms with Crippen molar-refractivity contribution in [3.63, 3.8) is 0 Å². The van der Waals surface area contributed by atoms with Gasteiger partial charge in [-0.05, 0) is 19.4 Å². The summed E-state index contributed by atoms with van der Waals surface area (Å²) >= 11 is 0. The Morgan fingerprint density at radius 3 is 2.45 bits per heavy atom. The van der Waals surface area contributed by atoms with E-state index in [-0.39, 0.29) is 6.54 Å². The van der Waals surface area contributed by atoms with E-state index in [1.54, 1.807) is 19.1 Å². The van der Waals surface area contributed by atoms with Gasteiger partial charge in [-0.25, -0.2) is 9.86 Å². The number of nitrogens with one attached hydrogen (secondary N) is 1. The molecule has 1 aliphatic rings. The lowest BCUT2D eigenvalue weighted by Crippen LogP contribution is -2.43. The van der Waals surface area contributed by atoms with Crippen LogP contribution in [0.5, 0.6) is 0 Å². The monoisotopic (exact) mass is 305 g/mol. The van der Waals surface area contributed by atoms with Crippen LogP contribution in [0.3, 0.4) is 0 Å². The molecule has 1 aromatic carbocycles. The SMILES string of the molecule is CON(C)C(=O)CN1C(=O)NC(C)(c2ccc(C)cc2)C1=O. The van der Waals surface area contributed by atoms with E-state index >= 15 is 0 Å². The van der Waals surface area contributed by atoms with E-state index in [1.807, 2.05) is 19.1 Å². The zero-order chi connectivity index (χ0) is 16.5. The molecule has 0 radical (unpaired) electrons. The first-order valence-corrected chi connectivity index (χ1v) is 6.81. The summed E-state index contributed by atoms with van der Waals surface area (Å²) in [5.74, 6) is -0.946. The molecular formula is C15H19N3O4. The Bertz CT molecular complexity index is 614. The zero-order valence-electron chi connectivity index (χ0n) is 13.0. The maximum atomic E-state index is 12.6. The van der Waals surface area contributed by atoms with Crippen LogP contribution in [0, 0.1) is 6.92 Å². The van der Waals surface area contributed by atoms with Gasteiger partial charge in [0.25, 0.3) is 11.8 Å². The van der Waals surface area contributed by atoms with Crippen molar-refractivity contribution in [1.29, 1.82) is 0 Å². The van der Waals surface area contributed by atoms with E-state index in [0.717, 1.165) is 15.5 Å². The van der Waals surface area contributed by atoms with E-state index in [9.17, 15) is 14.4 Å². The van der Waals surface area contributed by atoms with Crippen molar-refractivity contribution in [2.75, 3.05) is 20.7 Å². The molecule has 1 heterocycles. The minimum Gasteiger partial charge on any atom is -0.319 e. The second kappa shape index (κ2) is 5.76. The highest BCUT2D eigenvalue weighted by molar-refractivity contribution is 6.09. The summed E-state index contributed by atoms with van der Waals surface area (Å²) in [7, 11) is 2.75. The number of carbonyl (C=O) groups is 3. The molecule has 0 aliphatic carbocycles. The molecule has 0 saturated carbocycles. The summed E-state index contributed by atoms with van der Waals surface area (Å²) in [5.41, 5.74) is 0.556.